The Hall–Kier alpha value is -2.38. The van der Waals surface area contributed by atoms with Gasteiger partial charge in [-0.15, -0.1) is 0 Å². The van der Waals surface area contributed by atoms with Gasteiger partial charge in [0.15, 0.2) is 0 Å². The fourth-order valence-electron chi connectivity index (χ4n) is 3.20. The summed E-state index contributed by atoms with van der Waals surface area (Å²) in [6, 6.07) is 3.42. The number of methoxy groups -OCH3 is 2. The molecule has 0 aliphatic carbocycles. The number of rotatable bonds is 6. The Labute approximate surface area is 151 Å². The van der Waals surface area contributed by atoms with Crippen LogP contribution in [0.4, 0.5) is 0 Å². The lowest BCUT2D eigenvalue weighted by atomic mass is 9.97. The molecule has 0 spiro atoms. The van der Waals surface area contributed by atoms with Gasteiger partial charge in [-0.3, -0.25) is 9.69 Å². The van der Waals surface area contributed by atoms with Gasteiger partial charge >= 0.3 is 11.6 Å². The zero-order valence-electron chi connectivity index (χ0n) is 15.3. The van der Waals surface area contributed by atoms with E-state index in [9.17, 15) is 9.59 Å². The van der Waals surface area contributed by atoms with Gasteiger partial charge in [0.1, 0.15) is 18.1 Å². The average molecular weight is 361 g/mol. The van der Waals surface area contributed by atoms with E-state index in [0.717, 1.165) is 22.1 Å². The van der Waals surface area contributed by atoms with Crippen LogP contribution < -0.4 is 10.4 Å². The zero-order chi connectivity index (χ0) is 18.7. The molecule has 0 atom stereocenters. The number of ether oxygens (including phenoxy) is 3. The molecule has 1 aromatic carbocycles. The summed E-state index contributed by atoms with van der Waals surface area (Å²) in [6.45, 7) is 4.18. The number of hydrogen-bond donors (Lipinski definition) is 0. The minimum absolute atomic E-state index is 0.265. The highest BCUT2D eigenvalue weighted by Crippen LogP contribution is 2.37. The van der Waals surface area contributed by atoms with E-state index in [1.165, 1.54) is 13.2 Å². The monoisotopic (exact) mass is 361 g/mol. The van der Waals surface area contributed by atoms with E-state index in [4.69, 9.17) is 18.6 Å². The fraction of sp³-hybridized carbons (Fsp3) is 0.474. The number of nitrogens with zero attached hydrogens (tertiary/aromatic N) is 1. The van der Waals surface area contributed by atoms with Gasteiger partial charge < -0.3 is 18.6 Å². The quantitative estimate of drug-likeness (QED) is 0.575. The molecular formula is C19H23NO6. The molecule has 0 radical (unpaired) electrons. The van der Waals surface area contributed by atoms with Crippen molar-refractivity contribution < 1.29 is 23.4 Å². The summed E-state index contributed by atoms with van der Waals surface area (Å²) in [5.74, 6) is 0.427. The summed E-state index contributed by atoms with van der Waals surface area (Å²) in [7, 11) is 3.03. The maximum Gasteiger partial charge on any atom is 0.336 e. The van der Waals surface area contributed by atoms with Crippen LogP contribution in [0.25, 0.3) is 11.0 Å². The number of esters is 1. The maximum atomic E-state index is 11.9. The molecule has 1 aliphatic heterocycles. The summed E-state index contributed by atoms with van der Waals surface area (Å²) in [5.41, 5.74) is 2.77. The third kappa shape index (κ3) is 3.73. The molecule has 0 N–H and O–H groups in total. The molecular weight excluding hydrogens is 338 g/mol. The van der Waals surface area contributed by atoms with Crippen molar-refractivity contribution in [2.75, 3.05) is 34.1 Å². The van der Waals surface area contributed by atoms with E-state index in [1.807, 2.05) is 13.0 Å². The Morgan fingerprint density at radius 2 is 2.12 bits per heavy atom. The molecule has 2 aromatic rings. The number of benzene rings is 1. The molecule has 0 saturated carbocycles. The summed E-state index contributed by atoms with van der Waals surface area (Å²) in [5, 5.41) is 0.861. The van der Waals surface area contributed by atoms with Gasteiger partial charge in [-0.25, -0.2) is 4.79 Å². The van der Waals surface area contributed by atoms with Crippen molar-refractivity contribution in [3.05, 3.63) is 39.2 Å². The highest BCUT2D eigenvalue weighted by Gasteiger charge is 2.25. The number of carbonyl (C=O) groups is 1. The lowest BCUT2D eigenvalue weighted by Crippen LogP contribution is -2.35. The van der Waals surface area contributed by atoms with Crippen molar-refractivity contribution in [2.24, 2.45) is 0 Å². The second-order valence-electron chi connectivity index (χ2n) is 6.36. The van der Waals surface area contributed by atoms with Crippen molar-refractivity contribution in [3.8, 4) is 5.75 Å². The fourth-order valence-corrected chi connectivity index (χ4v) is 3.20. The Bertz CT molecular complexity index is 872. The van der Waals surface area contributed by atoms with E-state index in [1.54, 1.807) is 7.11 Å². The van der Waals surface area contributed by atoms with Gasteiger partial charge in [-0.2, -0.15) is 0 Å². The van der Waals surface area contributed by atoms with Crippen LogP contribution in [0.5, 0.6) is 5.75 Å². The standard InChI is InChI=1S/C19H23NO6/c1-12-8-17(22)26-19-14(12)9-13(4-5-16(21)24-3)18-15(19)10-20(11-25-18)6-7-23-2/h8-9H,4-7,10-11H2,1-3H3. The lowest BCUT2D eigenvalue weighted by Gasteiger charge is -2.30. The summed E-state index contributed by atoms with van der Waals surface area (Å²) in [6.07, 6.45) is 0.766. The van der Waals surface area contributed by atoms with E-state index in [0.29, 0.717) is 44.2 Å². The molecule has 2 heterocycles. The molecule has 0 bridgehead atoms. The van der Waals surface area contributed by atoms with Crippen LogP contribution >= 0.6 is 0 Å². The molecule has 1 aromatic heterocycles. The topological polar surface area (TPSA) is 78.2 Å². The van der Waals surface area contributed by atoms with Crippen LogP contribution in [0.15, 0.2) is 21.3 Å². The third-order valence-electron chi connectivity index (χ3n) is 4.58. The van der Waals surface area contributed by atoms with Gasteiger partial charge in [-0.05, 0) is 30.5 Å². The van der Waals surface area contributed by atoms with Crippen molar-refractivity contribution in [1.82, 2.24) is 4.90 Å². The molecule has 1 aliphatic rings. The smallest absolute Gasteiger partial charge is 0.336 e. The van der Waals surface area contributed by atoms with Crippen LogP contribution in [-0.2, 0) is 27.2 Å². The minimum atomic E-state index is -0.381. The molecule has 3 rings (SSSR count). The van der Waals surface area contributed by atoms with Crippen molar-refractivity contribution in [1.29, 1.82) is 0 Å². The highest BCUT2D eigenvalue weighted by atomic mass is 16.5. The van der Waals surface area contributed by atoms with Crippen LogP contribution in [0.2, 0.25) is 0 Å². The first-order valence-electron chi connectivity index (χ1n) is 8.53. The molecule has 0 amide bonds. The summed E-state index contributed by atoms with van der Waals surface area (Å²) >= 11 is 0. The van der Waals surface area contributed by atoms with Crippen LogP contribution in [-0.4, -0.2) is 45.0 Å². The summed E-state index contributed by atoms with van der Waals surface area (Å²) < 4.78 is 21.4. The predicted molar refractivity (Wildman–Crippen MR) is 95.3 cm³/mol. The third-order valence-corrected chi connectivity index (χ3v) is 4.58. The van der Waals surface area contributed by atoms with Crippen molar-refractivity contribution in [2.45, 2.75) is 26.3 Å². The number of hydrogen-bond acceptors (Lipinski definition) is 7. The van der Waals surface area contributed by atoms with Gasteiger partial charge in [0, 0.05) is 38.1 Å². The molecule has 7 nitrogen and oxygen atoms in total. The van der Waals surface area contributed by atoms with E-state index in [2.05, 4.69) is 4.90 Å². The normalized spacial score (nSPS) is 14.1. The number of carbonyl (C=O) groups excluding carboxylic acids is 1. The molecule has 0 fully saturated rings. The van der Waals surface area contributed by atoms with Crippen molar-refractivity contribution in [3.63, 3.8) is 0 Å². The van der Waals surface area contributed by atoms with Gasteiger partial charge in [0.2, 0.25) is 0 Å². The Kier molecular flexibility index (Phi) is 5.58. The van der Waals surface area contributed by atoms with Gasteiger partial charge in [0.05, 0.1) is 19.3 Å². The van der Waals surface area contributed by atoms with Crippen LogP contribution in [0.3, 0.4) is 0 Å². The Balaban J connectivity index is 2.06. The molecule has 26 heavy (non-hydrogen) atoms. The Morgan fingerprint density at radius 1 is 1.31 bits per heavy atom. The number of aryl methyl sites for hydroxylation is 2. The minimum Gasteiger partial charge on any atom is -0.477 e. The molecule has 140 valence electrons. The highest BCUT2D eigenvalue weighted by molar-refractivity contribution is 5.86. The number of fused-ring (bicyclic) bond motifs is 3. The largest absolute Gasteiger partial charge is 0.477 e. The molecule has 0 unspecified atom stereocenters. The lowest BCUT2D eigenvalue weighted by molar-refractivity contribution is -0.140. The Morgan fingerprint density at radius 3 is 2.85 bits per heavy atom. The first-order valence-corrected chi connectivity index (χ1v) is 8.53. The SMILES string of the molecule is COCCN1COc2c(CCC(=O)OC)cc3c(C)cc(=O)oc3c2C1. The molecule has 7 heteroatoms. The van der Waals surface area contributed by atoms with Crippen LogP contribution in [0.1, 0.15) is 23.1 Å². The van der Waals surface area contributed by atoms with E-state index in [-0.39, 0.29) is 18.0 Å². The van der Waals surface area contributed by atoms with Crippen LogP contribution in [0, 0.1) is 6.92 Å². The first-order chi connectivity index (χ1) is 12.5. The second-order valence-corrected chi connectivity index (χ2v) is 6.36. The van der Waals surface area contributed by atoms with Gasteiger partial charge in [0.25, 0.3) is 0 Å². The van der Waals surface area contributed by atoms with Gasteiger partial charge in [-0.1, -0.05) is 0 Å². The van der Waals surface area contributed by atoms with Crippen molar-refractivity contribution >= 4 is 16.9 Å². The first kappa shape index (κ1) is 18.4. The van der Waals surface area contributed by atoms with E-state index < -0.39 is 0 Å². The summed E-state index contributed by atoms with van der Waals surface area (Å²) in [4.78, 5) is 25.5. The average Bonchev–Trinajstić information content (AvgIpc) is 2.64. The molecule has 0 saturated heterocycles. The maximum absolute atomic E-state index is 11.9. The van der Waals surface area contributed by atoms with E-state index >= 15 is 0 Å². The zero-order valence-corrected chi connectivity index (χ0v) is 15.3. The second kappa shape index (κ2) is 7.88. The predicted octanol–water partition coefficient (Wildman–Crippen LogP) is 2.01.